The summed E-state index contributed by atoms with van der Waals surface area (Å²) in [6, 6.07) is 8.84. The third-order valence-electron chi connectivity index (χ3n) is 3.15. The highest BCUT2D eigenvalue weighted by Crippen LogP contribution is 2.26. The molecular weight excluding hydrogens is 356 g/mol. The van der Waals surface area contributed by atoms with Crippen molar-refractivity contribution in [1.29, 1.82) is 0 Å². The van der Waals surface area contributed by atoms with Crippen LogP contribution in [0.2, 0.25) is 0 Å². The van der Waals surface area contributed by atoms with E-state index in [0.717, 1.165) is 11.4 Å². The molecule has 1 heterocycles. The number of halogens is 1. The number of furan rings is 1. The summed E-state index contributed by atoms with van der Waals surface area (Å²) in [7, 11) is -2.07. The van der Waals surface area contributed by atoms with Gasteiger partial charge < -0.3 is 9.73 Å². The molecular formula is C14H17BrN2O3S. The first-order chi connectivity index (χ1) is 9.83. The van der Waals surface area contributed by atoms with Gasteiger partial charge in [0.05, 0.1) is 10.9 Å². The highest BCUT2D eigenvalue weighted by atomic mass is 79.9. The number of sulfonamides is 1. The lowest BCUT2D eigenvalue weighted by Gasteiger charge is -2.15. The predicted octanol–water partition coefficient (Wildman–Crippen LogP) is 3.43. The second-order valence-corrected chi connectivity index (χ2v) is 7.33. The van der Waals surface area contributed by atoms with Gasteiger partial charge in [-0.15, -0.1) is 0 Å². The number of anilines is 1. The van der Waals surface area contributed by atoms with Crippen LogP contribution in [0, 0.1) is 6.92 Å². The van der Waals surface area contributed by atoms with Crippen LogP contribution < -0.4 is 10.0 Å². The molecule has 0 amide bonds. The van der Waals surface area contributed by atoms with Gasteiger partial charge in [0.1, 0.15) is 5.76 Å². The van der Waals surface area contributed by atoms with E-state index in [4.69, 9.17) is 4.42 Å². The van der Waals surface area contributed by atoms with Crippen LogP contribution in [0.1, 0.15) is 24.3 Å². The van der Waals surface area contributed by atoms with Gasteiger partial charge in [0.15, 0.2) is 4.67 Å². The topological polar surface area (TPSA) is 71.3 Å². The summed E-state index contributed by atoms with van der Waals surface area (Å²) in [5.74, 6) is 0.764. The van der Waals surface area contributed by atoms with Gasteiger partial charge in [-0.25, -0.2) is 13.1 Å². The van der Waals surface area contributed by atoms with Crippen molar-refractivity contribution in [1.82, 2.24) is 4.72 Å². The normalized spacial score (nSPS) is 13.1. The van der Waals surface area contributed by atoms with E-state index in [9.17, 15) is 8.42 Å². The van der Waals surface area contributed by atoms with Crippen LogP contribution >= 0.6 is 15.9 Å². The molecule has 114 valence electrons. The Morgan fingerprint density at radius 2 is 1.95 bits per heavy atom. The molecule has 0 saturated carbocycles. The lowest BCUT2D eigenvalue weighted by molar-refractivity contribution is 0.471. The molecule has 21 heavy (non-hydrogen) atoms. The van der Waals surface area contributed by atoms with Crippen LogP contribution in [0.4, 0.5) is 5.69 Å². The van der Waals surface area contributed by atoms with E-state index in [-0.39, 0.29) is 10.9 Å². The molecule has 1 aromatic heterocycles. The quantitative estimate of drug-likeness (QED) is 0.843. The molecule has 2 aromatic rings. The fourth-order valence-electron chi connectivity index (χ4n) is 1.97. The molecule has 1 atom stereocenters. The molecule has 7 heteroatoms. The summed E-state index contributed by atoms with van der Waals surface area (Å²) >= 11 is 3.26. The van der Waals surface area contributed by atoms with Gasteiger partial charge in [0.25, 0.3) is 0 Å². The van der Waals surface area contributed by atoms with Crippen LogP contribution in [0.25, 0.3) is 0 Å². The zero-order valence-corrected chi connectivity index (χ0v) is 14.4. The van der Waals surface area contributed by atoms with Crippen molar-refractivity contribution in [2.75, 3.05) is 12.4 Å². The Kier molecular flexibility index (Phi) is 4.75. The van der Waals surface area contributed by atoms with E-state index in [0.29, 0.717) is 10.2 Å². The van der Waals surface area contributed by atoms with Crippen LogP contribution in [-0.4, -0.2) is 15.5 Å². The highest BCUT2D eigenvalue weighted by Gasteiger charge is 2.16. The fourth-order valence-corrected chi connectivity index (χ4v) is 3.28. The maximum atomic E-state index is 12.0. The Balaban J connectivity index is 2.28. The third kappa shape index (κ3) is 3.66. The molecule has 0 spiro atoms. The monoisotopic (exact) mass is 372 g/mol. The molecule has 0 bridgehead atoms. The lowest BCUT2D eigenvalue weighted by Crippen LogP contribution is -2.20. The van der Waals surface area contributed by atoms with Crippen molar-refractivity contribution >= 4 is 31.6 Å². The summed E-state index contributed by atoms with van der Waals surface area (Å²) in [5.41, 5.74) is 1.41. The van der Waals surface area contributed by atoms with Crippen LogP contribution in [0.15, 0.2) is 44.3 Å². The number of benzene rings is 1. The molecule has 0 aliphatic heterocycles. The van der Waals surface area contributed by atoms with Gasteiger partial charge in [-0.05, 0) is 66.7 Å². The van der Waals surface area contributed by atoms with Crippen molar-refractivity contribution in [2.24, 2.45) is 0 Å². The summed E-state index contributed by atoms with van der Waals surface area (Å²) < 4.78 is 32.4. The number of nitrogens with one attached hydrogen (secondary N) is 2. The predicted molar refractivity (Wildman–Crippen MR) is 85.9 cm³/mol. The molecule has 5 nitrogen and oxygen atoms in total. The second-order valence-electron chi connectivity index (χ2n) is 4.70. The van der Waals surface area contributed by atoms with Crippen LogP contribution in [0.3, 0.4) is 0 Å². The minimum Gasteiger partial charge on any atom is -0.452 e. The summed E-state index contributed by atoms with van der Waals surface area (Å²) in [6.45, 7) is 3.71. The number of aryl methyl sites for hydroxylation is 1. The van der Waals surface area contributed by atoms with Crippen molar-refractivity contribution in [3.05, 3.63) is 46.3 Å². The fraction of sp³-hybridized carbons (Fsp3) is 0.286. The van der Waals surface area contributed by atoms with E-state index < -0.39 is 10.0 Å². The first-order valence-electron chi connectivity index (χ1n) is 6.39. The molecule has 1 unspecified atom stereocenters. The third-order valence-corrected chi connectivity index (χ3v) is 5.13. The van der Waals surface area contributed by atoms with E-state index in [1.54, 1.807) is 19.1 Å². The Bertz CT molecular complexity index is 740. The molecule has 1 aromatic carbocycles. The van der Waals surface area contributed by atoms with Crippen molar-refractivity contribution in [3.63, 3.8) is 0 Å². The van der Waals surface area contributed by atoms with Gasteiger partial charge in [0, 0.05) is 5.69 Å². The molecule has 0 saturated heterocycles. The van der Waals surface area contributed by atoms with Crippen LogP contribution in [-0.2, 0) is 10.0 Å². The van der Waals surface area contributed by atoms with E-state index in [2.05, 4.69) is 26.0 Å². The Morgan fingerprint density at radius 3 is 2.52 bits per heavy atom. The van der Waals surface area contributed by atoms with Gasteiger partial charge in [-0.2, -0.15) is 0 Å². The van der Waals surface area contributed by atoms with Gasteiger partial charge in [-0.1, -0.05) is 6.07 Å². The number of hydrogen-bond donors (Lipinski definition) is 2. The SMILES string of the molecule is CNS(=O)(=O)c1cc(NC(C)c2ccc(Br)o2)ccc1C. The minimum atomic E-state index is -3.47. The number of rotatable bonds is 5. The van der Waals surface area contributed by atoms with Crippen molar-refractivity contribution in [3.8, 4) is 0 Å². The summed E-state index contributed by atoms with van der Waals surface area (Å²) in [6.07, 6.45) is 0. The van der Waals surface area contributed by atoms with Crippen molar-refractivity contribution in [2.45, 2.75) is 24.8 Å². The Hall–Kier alpha value is -1.31. The zero-order valence-electron chi connectivity index (χ0n) is 12.0. The van der Waals surface area contributed by atoms with Gasteiger partial charge >= 0.3 is 0 Å². The first kappa shape index (κ1) is 16.1. The molecule has 0 aliphatic rings. The molecule has 2 N–H and O–H groups in total. The number of hydrogen-bond acceptors (Lipinski definition) is 4. The average molecular weight is 373 g/mol. The van der Waals surface area contributed by atoms with Gasteiger partial charge in [0.2, 0.25) is 10.0 Å². The second kappa shape index (κ2) is 6.21. The van der Waals surface area contributed by atoms with Gasteiger partial charge in [-0.3, -0.25) is 0 Å². The van der Waals surface area contributed by atoms with E-state index in [1.165, 1.54) is 7.05 Å². The molecule has 0 fully saturated rings. The zero-order chi connectivity index (χ0) is 15.6. The average Bonchev–Trinajstić information content (AvgIpc) is 2.87. The lowest BCUT2D eigenvalue weighted by atomic mass is 10.2. The first-order valence-corrected chi connectivity index (χ1v) is 8.67. The van der Waals surface area contributed by atoms with E-state index >= 15 is 0 Å². The maximum absolute atomic E-state index is 12.0. The van der Waals surface area contributed by atoms with Crippen molar-refractivity contribution < 1.29 is 12.8 Å². The molecule has 0 radical (unpaired) electrons. The summed E-state index contributed by atoms with van der Waals surface area (Å²) in [5, 5.41) is 3.23. The highest BCUT2D eigenvalue weighted by molar-refractivity contribution is 9.10. The molecule has 0 aliphatic carbocycles. The Labute approximate surface area is 132 Å². The largest absolute Gasteiger partial charge is 0.452 e. The van der Waals surface area contributed by atoms with E-state index in [1.807, 2.05) is 25.1 Å². The Morgan fingerprint density at radius 1 is 1.24 bits per heavy atom. The van der Waals surface area contributed by atoms with Crippen LogP contribution in [0.5, 0.6) is 0 Å². The minimum absolute atomic E-state index is 0.0795. The molecule has 2 rings (SSSR count). The smallest absolute Gasteiger partial charge is 0.240 e. The maximum Gasteiger partial charge on any atom is 0.240 e. The summed E-state index contributed by atoms with van der Waals surface area (Å²) in [4.78, 5) is 0.267. The standard InChI is InChI=1S/C14H17BrN2O3S/c1-9-4-5-11(8-13(9)21(18,19)16-3)17-10(2)12-6-7-14(15)20-12/h4-8,10,16-17H,1-3H3.